The molecule has 20 heavy (non-hydrogen) atoms. The van der Waals surface area contributed by atoms with Gasteiger partial charge in [0.15, 0.2) is 0 Å². The number of likely N-dealkylation sites (N-methyl/N-ethyl adjacent to an activating group) is 1. The van der Waals surface area contributed by atoms with Gasteiger partial charge in [-0.3, -0.25) is 4.98 Å². The van der Waals surface area contributed by atoms with Crippen molar-refractivity contribution in [1.82, 2.24) is 14.8 Å². The molecule has 0 spiro atoms. The highest BCUT2D eigenvalue weighted by Gasteiger charge is 2.12. The number of aliphatic hydroxyl groups excluding tert-OH is 1. The first-order valence-electron chi connectivity index (χ1n) is 7.19. The lowest BCUT2D eigenvalue weighted by Crippen LogP contribution is -2.33. The predicted molar refractivity (Wildman–Crippen MR) is 79.1 cm³/mol. The van der Waals surface area contributed by atoms with E-state index in [9.17, 15) is 9.50 Å². The van der Waals surface area contributed by atoms with Crippen molar-refractivity contribution in [2.75, 3.05) is 40.3 Å². The van der Waals surface area contributed by atoms with Crippen LogP contribution in [0.5, 0.6) is 0 Å². The molecule has 1 rings (SSSR count). The number of aliphatic hydroxyl groups is 1. The predicted octanol–water partition coefficient (Wildman–Crippen LogP) is 1.92. The minimum Gasteiger partial charge on any atom is -0.387 e. The molecule has 0 aromatic carbocycles. The third-order valence-corrected chi connectivity index (χ3v) is 3.21. The first-order chi connectivity index (χ1) is 9.52. The molecule has 0 radical (unpaired) electrons. The maximum absolute atomic E-state index is 12.8. The monoisotopic (exact) mass is 283 g/mol. The number of nitrogens with zero attached hydrogens (tertiary/aromatic N) is 3. The Kier molecular flexibility index (Phi) is 7.65. The zero-order chi connectivity index (χ0) is 15.0. The van der Waals surface area contributed by atoms with Gasteiger partial charge in [0.05, 0.1) is 18.0 Å². The standard InChI is InChI=1S/C15H26FN3O/c1-4-8-19(11-10-18(2)3)9-7-15(20)14-6-5-13(16)12-17-14/h5-6,12,15,20H,4,7-11H2,1-3H3. The van der Waals surface area contributed by atoms with Crippen LogP contribution < -0.4 is 0 Å². The van der Waals surface area contributed by atoms with Crippen LogP contribution in [0, 0.1) is 5.82 Å². The van der Waals surface area contributed by atoms with Crippen LogP contribution in [-0.4, -0.2) is 60.2 Å². The Balaban J connectivity index is 2.42. The van der Waals surface area contributed by atoms with Gasteiger partial charge in [0.2, 0.25) is 0 Å². The maximum Gasteiger partial charge on any atom is 0.141 e. The van der Waals surface area contributed by atoms with Crippen molar-refractivity contribution in [2.24, 2.45) is 0 Å². The molecule has 1 heterocycles. The van der Waals surface area contributed by atoms with Gasteiger partial charge in [-0.05, 0) is 45.6 Å². The van der Waals surface area contributed by atoms with Gasteiger partial charge in [0.25, 0.3) is 0 Å². The Hall–Kier alpha value is -1.04. The average molecular weight is 283 g/mol. The molecule has 1 atom stereocenters. The van der Waals surface area contributed by atoms with Gasteiger partial charge in [-0.15, -0.1) is 0 Å². The molecule has 0 bridgehead atoms. The van der Waals surface area contributed by atoms with E-state index in [4.69, 9.17) is 0 Å². The fourth-order valence-corrected chi connectivity index (χ4v) is 2.03. The molecule has 5 heteroatoms. The molecule has 0 fully saturated rings. The summed E-state index contributed by atoms with van der Waals surface area (Å²) in [4.78, 5) is 8.42. The van der Waals surface area contributed by atoms with Crippen molar-refractivity contribution in [3.63, 3.8) is 0 Å². The summed E-state index contributed by atoms with van der Waals surface area (Å²) in [5, 5.41) is 10.1. The molecule has 0 saturated carbocycles. The summed E-state index contributed by atoms with van der Waals surface area (Å²) in [6, 6.07) is 2.88. The lowest BCUT2D eigenvalue weighted by atomic mass is 10.1. The van der Waals surface area contributed by atoms with Crippen LogP contribution in [0.2, 0.25) is 0 Å². The molecule has 1 aromatic heterocycles. The van der Waals surface area contributed by atoms with Crippen LogP contribution in [0.15, 0.2) is 18.3 Å². The smallest absolute Gasteiger partial charge is 0.141 e. The largest absolute Gasteiger partial charge is 0.387 e. The summed E-state index contributed by atoms with van der Waals surface area (Å²) in [5.74, 6) is -0.375. The van der Waals surface area contributed by atoms with Gasteiger partial charge in [-0.1, -0.05) is 6.92 Å². The second kappa shape index (κ2) is 9.00. The minimum atomic E-state index is -0.630. The third-order valence-electron chi connectivity index (χ3n) is 3.21. The van der Waals surface area contributed by atoms with Crippen molar-refractivity contribution in [3.8, 4) is 0 Å². The summed E-state index contributed by atoms with van der Waals surface area (Å²) in [6.45, 7) is 6.00. The number of pyridine rings is 1. The SMILES string of the molecule is CCCN(CCC(O)c1ccc(F)cn1)CCN(C)C. The van der Waals surface area contributed by atoms with Crippen LogP contribution in [-0.2, 0) is 0 Å². The van der Waals surface area contributed by atoms with E-state index < -0.39 is 6.10 Å². The molecular formula is C15H26FN3O. The van der Waals surface area contributed by atoms with Gasteiger partial charge in [0.1, 0.15) is 5.82 Å². The molecular weight excluding hydrogens is 257 g/mol. The summed E-state index contributed by atoms with van der Waals surface area (Å²) >= 11 is 0. The van der Waals surface area contributed by atoms with E-state index >= 15 is 0 Å². The van der Waals surface area contributed by atoms with Crippen molar-refractivity contribution < 1.29 is 9.50 Å². The second-order valence-electron chi connectivity index (χ2n) is 5.35. The Morgan fingerprint density at radius 1 is 1.20 bits per heavy atom. The Morgan fingerprint density at radius 3 is 2.50 bits per heavy atom. The van der Waals surface area contributed by atoms with Crippen LogP contribution in [0.4, 0.5) is 4.39 Å². The number of halogens is 1. The zero-order valence-corrected chi connectivity index (χ0v) is 12.7. The first kappa shape index (κ1) is 17.0. The number of hydrogen-bond donors (Lipinski definition) is 1. The van der Waals surface area contributed by atoms with E-state index in [1.165, 1.54) is 6.07 Å². The van der Waals surface area contributed by atoms with E-state index in [1.54, 1.807) is 6.07 Å². The molecule has 1 aromatic rings. The summed E-state index contributed by atoms with van der Waals surface area (Å²) in [5.41, 5.74) is 0.537. The van der Waals surface area contributed by atoms with Gasteiger partial charge < -0.3 is 14.9 Å². The maximum atomic E-state index is 12.8. The van der Waals surface area contributed by atoms with E-state index in [0.717, 1.165) is 38.8 Å². The van der Waals surface area contributed by atoms with Crippen LogP contribution in [0.1, 0.15) is 31.6 Å². The van der Waals surface area contributed by atoms with E-state index in [2.05, 4.69) is 35.8 Å². The summed E-state index contributed by atoms with van der Waals surface area (Å²) < 4.78 is 12.8. The molecule has 1 N–H and O–H groups in total. The first-order valence-corrected chi connectivity index (χ1v) is 7.19. The summed E-state index contributed by atoms with van der Waals surface area (Å²) in [6.07, 6.45) is 2.23. The normalized spacial score (nSPS) is 13.2. The number of aromatic nitrogens is 1. The second-order valence-corrected chi connectivity index (χ2v) is 5.35. The quantitative estimate of drug-likeness (QED) is 0.751. The fraction of sp³-hybridized carbons (Fsp3) is 0.667. The van der Waals surface area contributed by atoms with Gasteiger partial charge >= 0.3 is 0 Å². The average Bonchev–Trinajstić information content (AvgIpc) is 2.42. The fourth-order valence-electron chi connectivity index (χ4n) is 2.03. The Labute approximate surface area is 121 Å². The van der Waals surface area contributed by atoms with Crippen LogP contribution in [0.25, 0.3) is 0 Å². The van der Waals surface area contributed by atoms with E-state index in [-0.39, 0.29) is 5.82 Å². The van der Waals surface area contributed by atoms with Crippen LogP contribution in [0.3, 0.4) is 0 Å². The lowest BCUT2D eigenvalue weighted by Gasteiger charge is -2.24. The number of hydrogen-bond acceptors (Lipinski definition) is 4. The molecule has 0 aliphatic heterocycles. The molecule has 0 aliphatic carbocycles. The molecule has 0 amide bonds. The van der Waals surface area contributed by atoms with Gasteiger partial charge in [0, 0.05) is 19.6 Å². The van der Waals surface area contributed by atoms with E-state index in [1.807, 2.05) is 0 Å². The summed E-state index contributed by atoms with van der Waals surface area (Å²) in [7, 11) is 4.11. The molecule has 0 aliphatic rings. The Morgan fingerprint density at radius 2 is 1.95 bits per heavy atom. The van der Waals surface area contributed by atoms with Crippen molar-refractivity contribution in [2.45, 2.75) is 25.9 Å². The lowest BCUT2D eigenvalue weighted by molar-refractivity contribution is 0.135. The molecule has 1 unspecified atom stereocenters. The van der Waals surface area contributed by atoms with Crippen molar-refractivity contribution in [3.05, 3.63) is 29.8 Å². The number of rotatable bonds is 9. The third kappa shape index (κ3) is 6.41. The molecule has 0 saturated heterocycles. The van der Waals surface area contributed by atoms with Crippen molar-refractivity contribution >= 4 is 0 Å². The van der Waals surface area contributed by atoms with Crippen molar-refractivity contribution in [1.29, 1.82) is 0 Å². The highest BCUT2D eigenvalue weighted by atomic mass is 19.1. The molecule has 114 valence electrons. The zero-order valence-electron chi connectivity index (χ0n) is 12.7. The van der Waals surface area contributed by atoms with Gasteiger partial charge in [-0.25, -0.2) is 4.39 Å². The minimum absolute atomic E-state index is 0.375. The Bertz CT molecular complexity index is 370. The topological polar surface area (TPSA) is 39.6 Å². The van der Waals surface area contributed by atoms with Crippen LogP contribution >= 0.6 is 0 Å². The highest BCUT2D eigenvalue weighted by molar-refractivity contribution is 5.07. The van der Waals surface area contributed by atoms with E-state index in [0.29, 0.717) is 12.1 Å². The highest BCUT2D eigenvalue weighted by Crippen LogP contribution is 2.14. The van der Waals surface area contributed by atoms with Gasteiger partial charge in [-0.2, -0.15) is 0 Å². The molecule has 4 nitrogen and oxygen atoms in total.